The molecule has 0 saturated carbocycles. The molecule has 0 fully saturated rings. The average Bonchev–Trinajstić information content (AvgIpc) is 3.92. The van der Waals surface area contributed by atoms with E-state index in [1.807, 2.05) is 24.7 Å². The predicted molar refractivity (Wildman–Crippen MR) is 232 cm³/mol. The highest BCUT2D eigenvalue weighted by Crippen LogP contribution is 2.58. The number of pyridine rings is 2. The van der Waals surface area contributed by atoms with Crippen LogP contribution in [0.5, 0.6) is 0 Å². The molecule has 5 nitrogen and oxygen atoms in total. The molecule has 0 amide bonds. The highest BCUT2D eigenvalue weighted by atomic mass is 15.0. The molecular weight excluding hydrogens is 695 g/mol. The lowest BCUT2D eigenvalue weighted by atomic mass is 9.69. The minimum Gasteiger partial charge on any atom is -0.387 e. The number of para-hydroxylation sites is 1. The molecule has 1 N–H and O–H groups in total. The SMILES string of the molecule is C1=Cc2c(c3ncccc3n2-c2ccc(-c3ccc(-n4c5ccccc5c5c6c(ccc54)C(c4ccccc4)(c4ccccc4)c4ncccc4-6)cc3)cc2)CN1. The van der Waals surface area contributed by atoms with E-state index in [-0.39, 0.29) is 0 Å². The van der Waals surface area contributed by atoms with E-state index in [4.69, 9.17) is 9.97 Å². The minimum atomic E-state index is -0.554. The van der Waals surface area contributed by atoms with E-state index in [0.717, 1.165) is 34.6 Å². The molecule has 5 heterocycles. The van der Waals surface area contributed by atoms with E-state index in [9.17, 15) is 0 Å². The van der Waals surface area contributed by atoms with Gasteiger partial charge in [0, 0.05) is 52.2 Å². The summed E-state index contributed by atoms with van der Waals surface area (Å²) < 4.78 is 4.74. The fraction of sp³-hybridized carbons (Fsp3) is 0.0385. The third kappa shape index (κ3) is 4.45. The van der Waals surface area contributed by atoms with Crippen molar-refractivity contribution in [1.29, 1.82) is 0 Å². The summed E-state index contributed by atoms with van der Waals surface area (Å²) in [6.45, 7) is 0.776. The molecule has 4 aromatic heterocycles. The van der Waals surface area contributed by atoms with Crippen LogP contribution in [-0.2, 0) is 12.0 Å². The lowest BCUT2D eigenvalue weighted by Gasteiger charge is -2.32. The van der Waals surface area contributed by atoms with Gasteiger partial charge in [0.25, 0.3) is 0 Å². The number of nitrogens with zero attached hydrogens (tertiary/aromatic N) is 4. The molecule has 1 aliphatic heterocycles. The zero-order valence-electron chi connectivity index (χ0n) is 31.0. The molecule has 0 saturated heterocycles. The Morgan fingerprint density at radius 1 is 0.526 bits per heavy atom. The fourth-order valence-corrected chi connectivity index (χ4v) is 9.82. The van der Waals surface area contributed by atoms with E-state index in [2.05, 4.69) is 184 Å². The zero-order valence-corrected chi connectivity index (χ0v) is 31.0. The van der Waals surface area contributed by atoms with Gasteiger partial charge in [-0.1, -0.05) is 115 Å². The van der Waals surface area contributed by atoms with Crippen LogP contribution in [0.15, 0.2) is 188 Å². The van der Waals surface area contributed by atoms with E-state index in [1.54, 1.807) is 0 Å². The smallest absolute Gasteiger partial charge is 0.0940 e. The quantitative estimate of drug-likeness (QED) is 0.192. The first-order valence-electron chi connectivity index (χ1n) is 19.5. The molecule has 268 valence electrons. The predicted octanol–water partition coefficient (Wildman–Crippen LogP) is 11.6. The average molecular weight is 730 g/mol. The fourth-order valence-electron chi connectivity index (χ4n) is 9.82. The van der Waals surface area contributed by atoms with Gasteiger partial charge in [-0.15, -0.1) is 0 Å². The highest BCUT2D eigenvalue weighted by Gasteiger charge is 2.48. The third-order valence-corrected chi connectivity index (χ3v) is 12.2. The summed E-state index contributed by atoms with van der Waals surface area (Å²) in [5, 5.41) is 5.84. The van der Waals surface area contributed by atoms with Crippen LogP contribution in [0.3, 0.4) is 0 Å². The van der Waals surface area contributed by atoms with Crippen LogP contribution >= 0.6 is 0 Å². The Labute approximate surface area is 329 Å². The first kappa shape index (κ1) is 31.8. The Morgan fingerprint density at radius 2 is 1.16 bits per heavy atom. The summed E-state index contributed by atoms with van der Waals surface area (Å²) in [4.78, 5) is 9.94. The van der Waals surface area contributed by atoms with Crippen molar-refractivity contribution in [2.45, 2.75) is 12.0 Å². The maximum atomic E-state index is 5.21. The molecule has 0 radical (unpaired) electrons. The molecule has 0 unspecified atom stereocenters. The lowest BCUT2D eigenvalue weighted by Crippen LogP contribution is -2.29. The molecule has 6 aromatic carbocycles. The van der Waals surface area contributed by atoms with E-state index in [1.165, 1.54) is 72.0 Å². The van der Waals surface area contributed by atoms with Crippen LogP contribution in [0, 0.1) is 0 Å². The van der Waals surface area contributed by atoms with Gasteiger partial charge in [-0.05, 0) is 100 Å². The lowest BCUT2D eigenvalue weighted by molar-refractivity contribution is 0.738. The number of nitrogens with one attached hydrogen (secondary N) is 1. The molecule has 10 aromatic rings. The van der Waals surface area contributed by atoms with Crippen LogP contribution in [0.2, 0.25) is 0 Å². The largest absolute Gasteiger partial charge is 0.387 e. The normalized spacial score (nSPS) is 13.8. The van der Waals surface area contributed by atoms with Crippen molar-refractivity contribution in [1.82, 2.24) is 24.4 Å². The highest BCUT2D eigenvalue weighted by molar-refractivity contribution is 6.18. The molecule has 0 atom stereocenters. The third-order valence-electron chi connectivity index (χ3n) is 12.2. The summed E-state index contributed by atoms with van der Waals surface area (Å²) in [5.74, 6) is 0. The maximum absolute atomic E-state index is 5.21. The van der Waals surface area contributed by atoms with Crippen molar-refractivity contribution < 1.29 is 0 Å². The molecule has 5 heteroatoms. The van der Waals surface area contributed by atoms with Gasteiger partial charge in [0.2, 0.25) is 0 Å². The van der Waals surface area contributed by atoms with Gasteiger partial charge in [-0.2, -0.15) is 0 Å². The van der Waals surface area contributed by atoms with Crippen molar-refractivity contribution >= 4 is 38.9 Å². The molecule has 57 heavy (non-hydrogen) atoms. The van der Waals surface area contributed by atoms with Crippen LogP contribution < -0.4 is 5.32 Å². The van der Waals surface area contributed by atoms with Crippen molar-refractivity contribution in [3.05, 3.63) is 222 Å². The second kappa shape index (κ2) is 12.3. The Kier molecular flexibility index (Phi) is 6.84. The van der Waals surface area contributed by atoms with Gasteiger partial charge in [-0.3, -0.25) is 9.97 Å². The Morgan fingerprint density at radius 3 is 1.89 bits per heavy atom. The molecule has 12 rings (SSSR count). The molecule has 1 aliphatic carbocycles. The van der Waals surface area contributed by atoms with E-state index >= 15 is 0 Å². The second-order valence-electron chi connectivity index (χ2n) is 15.0. The first-order valence-corrected chi connectivity index (χ1v) is 19.5. The summed E-state index contributed by atoms with van der Waals surface area (Å²) >= 11 is 0. The van der Waals surface area contributed by atoms with Crippen LogP contribution in [0.25, 0.3) is 72.5 Å². The Hall–Kier alpha value is -7.50. The number of aromatic nitrogens is 4. The van der Waals surface area contributed by atoms with Gasteiger partial charge in [0.15, 0.2) is 0 Å². The summed E-state index contributed by atoms with van der Waals surface area (Å²) in [6, 6.07) is 61.7. The van der Waals surface area contributed by atoms with E-state index in [0.29, 0.717) is 0 Å². The zero-order chi connectivity index (χ0) is 37.5. The van der Waals surface area contributed by atoms with Gasteiger partial charge in [0.05, 0.1) is 38.9 Å². The van der Waals surface area contributed by atoms with Crippen LogP contribution in [-0.4, -0.2) is 19.1 Å². The first-order chi connectivity index (χ1) is 28.3. The minimum absolute atomic E-state index is 0.554. The summed E-state index contributed by atoms with van der Waals surface area (Å²) in [7, 11) is 0. The van der Waals surface area contributed by atoms with Crippen molar-refractivity contribution in [2.75, 3.05) is 0 Å². The number of hydrogen-bond donors (Lipinski definition) is 1. The Bertz CT molecular complexity index is 3170. The molecule has 2 aliphatic rings. The number of fused-ring (bicyclic) bond motifs is 10. The van der Waals surface area contributed by atoms with Crippen molar-refractivity contribution in [3.63, 3.8) is 0 Å². The monoisotopic (exact) mass is 729 g/mol. The molecule has 0 bridgehead atoms. The molecular formula is C52H35N5. The van der Waals surface area contributed by atoms with Gasteiger partial charge < -0.3 is 14.5 Å². The van der Waals surface area contributed by atoms with E-state index < -0.39 is 5.41 Å². The van der Waals surface area contributed by atoms with Gasteiger partial charge in [-0.25, -0.2) is 0 Å². The van der Waals surface area contributed by atoms with Crippen molar-refractivity contribution in [2.24, 2.45) is 0 Å². The standard InChI is InChI=1S/C52H35N5/c1-3-11-36(12-4-1)52(37-13-5-2-6-14-37)43-27-28-46-49(48(43)41-16-9-31-55-51(41)52)40-15-7-8-17-44(40)56(46)38-23-19-34(20-24-38)35-21-25-39(26-22-35)57-45-29-32-53-33-42(45)50-47(57)18-10-30-54-50/h1-32,53H,33H2. The van der Waals surface area contributed by atoms with Crippen molar-refractivity contribution in [3.8, 4) is 33.6 Å². The number of hydrogen-bond acceptors (Lipinski definition) is 3. The van der Waals surface area contributed by atoms with Crippen LogP contribution in [0.4, 0.5) is 0 Å². The number of benzene rings is 6. The molecule has 0 spiro atoms. The van der Waals surface area contributed by atoms with Crippen LogP contribution in [0.1, 0.15) is 33.6 Å². The van der Waals surface area contributed by atoms with Gasteiger partial charge in [0.1, 0.15) is 0 Å². The van der Waals surface area contributed by atoms with Gasteiger partial charge >= 0.3 is 0 Å². The maximum Gasteiger partial charge on any atom is 0.0940 e. The second-order valence-corrected chi connectivity index (χ2v) is 15.0. The number of rotatable bonds is 5. The summed E-state index contributed by atoms with van der Waals surface area (Å²) in [6.07, 6.45) is 8.00. The Balaban J connectivity index is 1.000. The topological polar surface area (TPSA) is 47.7 Å². The summed E-state index contributed by atoms with van der Waals surface area (Å²) in [5.41, 5.74) is 18.2.